The molecule has 18 heavy (non-hydrogen) atoms. The van der Waals surface area contributed by atoms with Crippen molar-refractivity contribution in [2.75, 3.05) is 6.54 Å². The summed E-state index contributed by atoms with van der Waals surface area (Å²) < 4.78 is 65.1. The molecule has 2 nitrogen and oxygen atoms in total. The van der Waals surface area contributed by atoms with Crippen molar-refractivity contribution in [1.82, 2.24) is 5.32 Å². The Hall–Kier alpha value is -1.37. The molecule has 0 amide bonds. The Labute approximate surface area is 101 Å². The van der Waals surface area contributed by atoms with Crippen molar-refractivity contribution in [2.24, 2.45) is 0 Å². The summed E-state index contributed by atoms with van der Waals surface area (Å²) in [6.45, 7) is 1.91. The van der Waals surface area contributed by atoms with E-state index in [4.69, 9.17) is 0 Å². The fourth-order valence-electron chi connectivity index (χ4n) is 1.48. The van der Waals surface area contributed by atoms with Gasteiger partial charge in [0.2, 0.25) is 0 Å². The summed E-state index contributed by atoms with van der Waals surface area (Å²) >= 11 is 0. The number of halogens is 5. The highest BCUT2D eigenvalue weighted by Crippen LogP contribution is 2.27. The third-order valence-corrected chi connectivity index (χ3v) is 2.13. The van der Waals surface area contributed by atoms with Crippen molar-refractivity contribution in [1.29, 1.82) is 0 Å². The van der Waals surface area contributed by atoms with Gasteiger partial charge in [0.15, 0.2) is 0 Å². The summed E-state index contributed by atoms with van der Waals surface area (Å²) in [4.78, 5) is 0. The van der Waals surface area contributed by atoms with Gasteiger partial charge in [-0.05, 0) is 24.2 Å². The van der Waals surface area contributed by atoms with Gasteiger partial charge in [-0.3, -0.25) is 0 Å². The molecule has 0 aliphatic rings. The molecule has 7 heteroatoms. The van der Waals surface area contributed by atoms with E-state index in [0.717, 1.165) is 12.1 Å². The van der Waals surface area contributed by atoms with E-state index in [9.17, 15) is 22.0 Å². The van der Waals surface area contributed by atoms with Gasteiger partial charge in [0, 0.05) is 0 Å². The standard InChI is InChI=1S/C11H12F5NO/c1-2-17-9(10(12)13)7-4-3-5-8(6-7)18-11(14,15)16/h3-6,9-10,17H,2H2,1H3. The first-order valence-electron chi connectivity index (χ1n) is 5.20. The lowest BCUT2D eigenvalue weighted by atomic mass is 10.1. The minimum atomic E-state index is -4.84. The summed E-state index contributed by atoms with van der Waals surface area (Å²) in [7, 11) is 0. The minimum Gasteiger partial charge on any atom is -0.406 e. The molecule has 0 bridgehead atoms. The molecule has 0 saturated carbocycles. The number of ether oxygens (including phenoxy) is 1. The van der Waals surface area contributed by atoms with E-state index < -0.39 is 24.6 Å². The van der Waals surface area contributed by atoms with Crippen LogP contribution in [-0.2, 0) is 0 Å². The maximum Gasteiger partial charge on any atom is 0.573 e. The van der Waals surface area contributed by atoms with E-state index in [2.05, 4.69) is 10.1 Å². The van der Waals surface area contributed by atoms with Crippen LogP contribution >= 0.6 is 0 Å². The topological polar surface area (TPSA) is 21.3 Å². The van der Waals surface area contributed by atoms with Gasteiger partial charge < -0.3 is 10.1 Å². The van der Waals surface area contributed by atoms with Gasteiger partial charge in [0.1, 0.15) is 5.75 Å². The Balaban J connectivity index is 2.92. The van der Waals surface area contributed by atoms with E-state index in [0.29, 0.717) is 0 Å². The van der Waals surface area contributed by atoms with Crippen LogP contribution in [-0.4, -0.2) is 19.3 Å². The predicted octanol–water partition coefficient (Wildman–Crippen LogP) is 3.50. The highest BCUT2D eigenvalue weighted by Gasteiger charge is 2.31. The Morgan fingerprint density at radius 3 is 2.44 bits per heavy atom. The average molecular weight is 269 g/mol. The van der Waals surface area contributed by atoms with Gasteiger partial charge in [-0.25, -0.2) is 8.78 Å². The van der Waals surface area contributed by atoms with Crippen LogP contribution in [0.4, 0.5) is 22.0 Å². The molecule has 0 fully saturated rings. The van der Waals surface area contributed by atoms with Gasteiger partial charge in [-0.1, -0.05) is 19.1 Å². The molecule has 1 atom stereocenters. The molecule has 0 heterocycles. The van der Waals surface area contributed by atoms with Gasteiger partial charge >= 0.3 is 6.36 Å². The smallest absolute Gasteiger partial charge is 0.406 e. The SMILES string of the molecule is CCNC(c1cccc(OC(F)(F)F)c1)C(F)F. The van der Waals surface area contributed by atoms with E-state index in [-0.39, 0.29) is 12.1 Å². The fourth-order valence-corrected chi connectivity index (χ4v) is 1.48. The van der Waals surface area contributed by atoms with Crippen molar-refractivity contribution >= 4 is 0 Å². The first-order valence-corrected chi connectivity index (χ1v) is 5.20. The third-order valence-electron chi connectivity index (χ3n) is 2.13. The van der Waals surface area contributed by atoms with Gasteiger partial charge in [-0.15, -0.1) is 13.2 Å². The van der Waals surface area contributed by atoms with Crippen LogP contribution in [0.1, 0.15) is 18.5 Å². The maximum atomic E-state index is 12.7. The summed E-state index contributed by atoms with van der Waals surface area (Å²) in [5.74, 6) is -0.511. The van der Waals surface area contributed by atoms with Crippen LogP contribution in [0.3, 0.4) is 0 Å². The molecule has 1 rings (SSSR count). The predicted molar refractivity (Wildman–Crippen MR) is 55.5 cm³/mol. The van der Waals surface area contributed by atoms with Crippen molar-refractivity contribution < 1.29 is 26.7 Å². The van der Waals surface area contributed by atoms with Gasteiger partial charge in [0.05, 0.1) is 6.04 Å². The Morgan fingerprint density at radius 1 is 1.28 bits per heavy atom. The molecule has 0 saturated heterocycles. The summed E-state index contributed by atoms with van der Waals surface area (Å²) in [5, 5.41) is 2.50. The molecule has 0 spiro atoms. The Kier molecular flexibility index (Phi) is 4.89. The van der Waals surface area contributed by atoms with Crippen LogP contribution in [0.2, 0.25) is 0 Å². The molecular weight excluding hydrogens is 257 g/mol. The number of hydrogen-bond donors (Lipinski definition) is 1. The normalized spacial score (nSPS) is 13.7. The van der Waals surface area contributed by atoms with Gasteiger partial charge in [0.25, 0.3) is 6.43 Å². The van der Waals surface area contributed by atoms with Crippen LogP contribution in [0.15, 0.2) is 24.3 Å². The molecule has 1 aromatic carbocycles. The number of nitrogens with one attached hydrogen (secondary N) is 1. The summed E-state index contributed by atoms with van der Waals surface area (Å²) in [5.41, 5.74) is 0.0496. The molecule has 102 valence electrons. The first kappa shape index (κ1) is 14.7. The van der Waals surface area contributed by atoms with Crippen LogP contribution in [0, 0.1) is 0 Å². The Bertz CT molecular complexity index is 380. The van der Waals surface area contributed by atoms with Crippen LogP contribution < -0.4 is 10.1 Å². The minimum absolute atomic E-state index is 0.0496. The van der Waals surface area contributed by atoms with Crippen molar-refractivity contribution in [3.63, 3.8) is 0 Å². The Morgan fingerprint density at radius 2 is 1.94 bits per heavy atom. The lowest BCUT2D eigenvalue weighted by Gasteiger charge is -2.18. The van der Waals surface area contributed by atoms with Crippen molar-refractivity contribution in [2.45, 2.75) is 25.8 Å². The lowest BCUT2D eigenvalue weighted by Crippen LogP contribution is -2.27. The molecule has 0 aliphatic heterocycles. The highest BCUT2D eigenvalue weighted by atomic mass is 19.4. The zero-order valence-corrected chi connectivity index (χ0v) is 9.47. The second-order valence-corrected chi connectivity index (χ2v) is 3.49. The number of rotatable bonds is 5. The third kappa shape index (κ3) is 4.48. The number of benzene rings is 1. The zero-order valence-electron chi connectivity index (χ0n) is 9.47. The van der Waals surface area contributed by atoms with E-state index in [1.165, 1.54) is 12.1 Å². The fraction of sp³-hybridized carbons (Fsp3) is 0.455. The molecule has 1 N–H and O–H groups in total. The van der Waals surface area contributed by atoms with Crippen LogP contribution in [0.25, 0.3) is 0 Å². The van der Waals surface area contributed by atoms with Crippen molar-refractivity contribution in [3.8, 4) is 5.75 Å². The molecular formula is C11H12F5NO. The number of alkyl halides is 5. The average Bonchev–Trinajstić information content (AvgIpc) is 2.23. The second kappa shape index (κ2) is 5.99. The maximum absolute atomic E-state index is 12.7. The second-order valence-electron chi connectivity index (χ2n) is 3.49. The lowest BCUT2D eigenvalue weighted by molar-refractivity contribution is -0.274. The quantitative estimate of drug-likeness (QED) is 0.826. The molecule has 1 aromatic rings. The summed E-state index contributed by atoms with van der Waals surface area (Å²) in [6.07, 6.45) is -7.55. The van der Waals surface area contributed by atoms with E-state index in [1.807, 2.05) is 0 Å². The van der Waals surface area contributed by atoms with Gasteiger partial charge in [-0.2, -0.15) is 0 Å². The molecule has 0 radical (unpaired) electrons. The monoisotopic (exact) mass is 269 g/mol. The summed E-state index contributed by atoms with van der Waals surface area (Å²) in [6, 6.07) is 3.26. The molecule has 0 aliphatic carbocycles. The zero-order chi connectivity index (χ0) is 13.8. The van der Waals surface area contributed by atoms with E-state index in [1.54, 1.807) is 6.92 Å². The largest absolute Gasteiger partial charge is 0.573 e. The molecule has 1 unspecified atom stereocenters. The van der Waals surface area contributed by atoms with Crippen molar-refractivity contribution in [3.05, 3.63) is 29.8 Å². The first-order chi connectivity index (χ1) is 8.33. The number of hydrogen-bond acceptors (Lipinski definition) is 2. The van der Waals surface area contributed by atoms with E-state index >= 15 is 0 Å². The van der Waals surface area contributed by atoms with Crippen LogP contribution in [0.5, 0.6) is 5.75 Å². The highest BCUT2D eigenvalue weighted by molar-refractivity contribution is 5.31. The molecule has 0 aromatic heterocycles.